The number of rotatable bonds is 9. The predicted molar refractivity (Wildman–Crippen MR) is 183 cm³/mol. The number of amides is 3. The summed E-state index contributed by atoms with van der Waals surface area (Å²) >= 11 is 0. The van der Waals surface area contributed by atoms with Gasteiger partial charge in [0.1, 0.15) is 19.3 Å². The molecule has 1 saturated heterocycles. The van der Waals surface area contributed by atoms with E-state index in [9.17, 15) is 24.3 Å². The number of alkyl carbamates (subject to hydrolysis) is 1. The van der Waals surface area contributed by atoms with E-state index in [0.29, 0.717) is 25.9 Å². The first-order chi connectivity index (χ1) is 23.9. The second kappa shape index (κ2) is 16.0. The average Bonchev–Trinajstić information content (AvgIpc) is 3.72. The van der Waals surface area contributed by atoms with Crippen molar-refractivity contribution in [3.8, 4) is 11.1 Å². The van der Waals surface area contributed by atoms with Crippen LogP contribution in [-0.2, 0) is 30.4 Å². The lowest BCUT2D eigenvalue weighted by Gasteiger charge is -2.30. The number of esters is 1. The highest BCUT2D eigenvalue weighted by Gasteiger charge is 2.36. The van der Waals surface area contributed by atoms with E-state index < -0.39 is 24.0 Å². The van der Waals surface area contributed by atoms with Crippen LogP contribution in [0.3, 0.4) is 0 Å². The van der Waals surface area contributed by atoms with Crippen LogP contribution in [0, 0.1) is 5.92 Å². The molecular formula is C39H43N3O7. The first-order valence-corrected chi connectivity index (χ1v) is 17.1. The minimum atomic E-state index is -0.983. The Labute approximate surface area is 286 Å². The molecule has 0 unspecified atom stereocenters. The molecule has 3 aliphatic rings. The Morgan fingerprint density at radius 1 is 0.918 bits per heavy atom. The molecule has 1 aliphatic carbocycles. The van der Waals surface area contributed by atoms with Gasteiger partial charge in [-0.1, -0.05) is 91.0 Å². The van der Waals surface area contributed by atoms with Crippen LogP contribution < -0.4 is 5.32 Å². The number of cyclic esters (lactones) is 1. The monoisotopic (exact) mass is 665 g/mol. The van der Waals surface area contributed by atoms with Gasteiger partial charge in [0.05, 0.1) is 18.6 Å². The maximum Gasteiger partial charge on any atom is 0.407 e. The van der Waals surface area contributed by atoms with Crippen molar-refractivity contribution >= 4 is 23.9 Å². The summed E-state index contributed by atoms with van der Waals surface area (Å²) in [6.07, 6.45) is 4.65. The number of carbonyl (C=O) groups is 4. The maximum absolute atomic E-state index is 13.8. The Morgan fingerprint density at radius 2 is 1.59 bits per heavy atom. The SMILES string of the molecule is O=C(N[C@H]1C/C=C/C[C@@H](CC(=O)N(CCO)Cc2ccccc2)C(=O)N2CCC[C@H]2COC1=O)OCC1c2ccccc2-c2ccccc21. The molecule has 0 bridgehead atoms. The Hall–Kier alpha value is -4.96. The van der Waals surface area contributed by atoms with Crippen molar-refractivity contribution in [1.29, 1.82) is 0 Å². The molecule has 3 amide bonds. The largest absolute Gasteiger partial charge is 0.462 e. The number of nitrogens with one attached hydrogen (secondary N) is 1. The fourth-order valence-electron chi connectivity index (χ4n) is 7.13. The molecular weight excluding hydrogens is 622 g/mol. The molecule has 1 fully saturated rings. The first-order valence-electron chi connectivity index (χ1n) is 17.1. The normalized spacial score (nSPS) is 21.3. The van der Waals surface area contributed by atoms with Crippen LogP contribution in [-0.4, -0.2) is 83.8 Å². The van der Waals surface area contributed by atoms with Crippen molar-refractivity contribution in [3.63, 3.8) is 0 Å². The van der Waals surface area contributed by atoms with Gasteiger partial charge in [0.25, 0.3) is 0 Å². The predicted octanol–water partition coefficient (Wildman–Crippen LogP) is 4.81. The Balaban J connectivity index is 1.12. The van der Waals surface area contributed by atoms with Gasteiger partial charge in [-0.15, -0.1) is 0 Å². The molecule has 0 spiro atoms. The summed E-state index contributed by atoms with van der Waals surface area (Å²) in [6.45, 7) is 0.945. The highest BCUT2D eigenvalue weighted by Crippen LogP contribution is 2.44. The minimum absolute atomic E-state index is 0.00245. The smallest absolute Gasteiger partial charge is 0.407 e. The molecule has 0 aromatic heterocycles. The average molecular weight is 666 g/mol. The molecule has 3 aromatic carbocycles. The fourth-order valence-corrected chi connectivity index (χ4v) is 7.13. The summed E-state index contributed by atoms with van der Waals surface area (Å²) in [5.41, 5.74) is 5.36. The molecule has 10 heteroatoms. The number of nitrogens with zero attached hydrogens (tertiary/aromatic N) is 2. The zero-order valence-electron chi connectivity index (χ0n) is 27.5. The number of aliphatic hydroxyl groups is 1. The highest BCUT2D eigenvalue weighted by atomic mass is 16.6. The molecule has 0 saturated carbocycles. The van der Waals surface area contributed by atoms with Crippen molar-refractivity contribution in [2.45, 2.75) is 56.7 Å². The second-order valence-electron chi connectivity index (χ2n) is 12.8. The second-order valence-corrected chi connectivity index (χ2v) is 12.8. The molecule has 6 rings (SSSR count). The van der Waals surface area contributed by atoms with Crippen LogP contribution in [0.2, 0.25) is 0 Å². The molecule has 49 heavy (non-hydrogen) atoms. The van der Waals surface area contributed by atoms with Crippen LogP contribution in [0.4, 0.5) is 4.79 Å². The summed E-state index contributed by atoms with van der Waals surface area (Å²) < 4.78 is 11.4. The molecule has 2 aliphatic heterocycles. The zero-order valence-corrected chi connectivity index (χ0v) is 27.5. The van der Waals surface area contributed by atoms with Crippen LogP contribution in [0.15, 0.2) is 91.0 Å². The van der Waals surface area contributed by atoms with Gasteiger partial charge in [0.2, 0.25) is 11.8 Å². The van der Waals surface area contributed by atoms with E-state index in [1.807, 2.05) is 66.7 Å². The quantitative estimate of drug-likeness (QED) is 0.248. The van der Waals surface area contributed by atoms with Gasteiger partial charge in [-0.05, 0) is 53.5 Å². The van der Waals surface area contributed by atoms with Gasteiger partial charge in [-0.2, -0.15) is 0 Å². The van der Waals surface area contributed by atoms with Gasteiger partial charge < -0.3 is 29.7 Å². The van der Waals surface area contributed by atoms with Crippen LogP contribution >= 0.6 is 0 Å². The molecule has 256 valence electrons. The van der Waals surface area contributed by atoms with E-state index in [2.05, 4.69) is 17.4 Å². The number of hydrogen-bond acceptors (Lipinski definition) is 7. The Kier molecular flexibility index (Phi) is 11.0. The van der Waals surface area contributed by atoms with Gasteiger partial charge in [0.15, 0.2) is 0 Å². The number of ether oxygens (including phenoxy) is 2. The van der Waals surface area contributed by atoms with Crippen LogP contribution in [0.5, 0.6) is 0 Å². The van der Waals surface area contributed by atoms with Crippen LogP contribution in [0.1, 0.15) is 54.7 Å². The number of aliphatic hydroxyl groups excluding tert-OH is 1. The van der Waals surface area contributed by atoms with Crippen molar-refractivity contribution < 1.29 is 33.8 Å². The van der Waals surface area contributed by atoms with E-state index in [1.54, 1.807) is 22.0 Å². The lowest BCUT2D eigenvalue weighted by atomic mass is 9.97. The van der Waals surface area contributed by atoms with Crippen molar-refractivity contribution in [2.24, 2.45) is 5.92 Å². The van der Waals surface area contributed by atoms with E-state index in [1.165, 1.54) is 0 Å². The number of fused-ring (bicyclic) bond motifs is 4. The molecule has 3 atom stereocenters. The topological polar surface area (TPSA) is 125 Å². The number of benzene rings is 3. The third kappa shape index (κ3) is 8.03. The minimum Gasteiger partial charge on any atom is -0.462 e. The summed E-state index contributed by atoms with van der Waals surface area (Å²) in [5.74, 6) is -1.69. The standard InChI is InChI=1S/C39H43N3O7/c43-22-21-41(24-27-11-2-1-3-12-27)36(44)23-28-13-4-9-19-35(38(46)48-25-29-14-10-20-42(29)37(28)45)40-39(47)49-26-34-32-17-7-5-15-30(32)31-16-6-8-18-33(31)34/h1-9,11-12,15-18,28-29,34-35,43H,10,13-14,19-26H2,(H,40,47)/b9-4+/t28-,29-,35-/m0/s1. The van der Waals surface area contributed by atoms with Gasteiger partial charge >= 0.3 is 12.1 Å². The zero-order chi connectivity index (χ0) is 34.2. The van der Waals surface area contributed by atoms with E-state index >= 15 is 0 Å². The summed E-state index contributed by atoms with van der Waals surface area (Å²) in [4.78, 5) is 56.9. The number of hydrogen-bond donors (Lipinski definition) is 2. The Morgan fingerprint density at radius 3 is 2.31 bits per heavy atom. The third-order valence-electron chi connectivity index (χ3n) is 9.67. The summed E-state index contributed by atoms with van der Waals surface area (Å²) in [6, 6.07) is 24.4. The third-order valence-corrected chi connectivity index (χ3v) is 9.67. The number of allylic oxidation sites excluding steroid dienone is 1. The van der Waals surface area contributed by atoms with E-state index in [0.717, 1.165) is 34.2 Å². The molecule has 3 aromatic rings. The van der Waals surface area contributed by atoms with Crippen molar-refractivity contribution in [2.75, 3.05) is 32.9 Å². The van der Waals surface area contributed by atoms with Crippen LogP contribution in [0.25, 0.3) is 11.1 Å². The van der Waals surface area contributed by atoms with Gasteiger partial charge in [-0.25, -0.2) is 9.59 Å². The van der Waals surface area contributed by atoms with E-state index in [-0.39, 0.29) is 63.0 Å². The fraction of sp³-hybridized carbons (Fsp3) is 0.385. The summed E-state index contributed by atoms with van der Waals surface area (Å²) in [7, 11) is 0. The molecule has 10 nitrogen and oxygen atoms in total. The van der Waals surface area contributed by atoms with Gasteiger partial charge in [0, 0.05) is 32.0 Å². The van der Waals surface area contributed by atoms with Crippen molar-refractivity contribution in [3.05, 3.63) is 108 Å². The van der Waals surface area contributed by atoms with Gasteiger partial charge in [-0.3, -0.25) is 9.59 Å². The maximum atomic E-state index is 13.8. The lowest BCUT2D eigenvalue weighted by molar-refractivity contribution is -0.150. The summed E-state index contributed by atoms with van der Waals surface area (Å²) in [5, 5.41) is 12.4. The van der Waals surface area contributed by atoms with Crippen molar-refractivity contribution in [1.82, 2.24) is 15.1 Å². The molecule has 0 radical (unpaired) electrons. The lowest BCUT2D eigenvalue weighted by Crippen LogP contribution is -2.46. The molecule has 2 heterocycles. The Bertz CT molecular complexity index is 1630. The van der Waals surface area contributed by atoms with E-state index in [4.69, 9.17) is 9.47 Å². The molecule has 2 N–H and O–H groups in total. The number of carbonyl (C=O) groups excluding carboxylic acids is 4. The first kappa shape index (κ1) is 33.9. The highest BCUT2D eigenvalue weighted by molar-refractivity contribution is 5.87.